The van der Waals surface area contributed by atoms with Gasteiger partial charge in [0, 0.05) is 13.1 Å². The predicted molar refractivity (Wildman–Crippen MR) is 73.7 cm³/mol. The van der Waals surface area contributed by atoms with Gasteiger partial charge < -0.3 is 0 Å². The molecule has 1 aliphatic heterocycles. The Morgan fingerprint density at radius 1 is 1.22 bits per heavy atom. The van der Waals surface area contributed by atoms with Crippen molar-refractivity contribution in [3.8, 4) is 0 Å². The second kappa shape index (κ2) is 5.08. The molecule has 1 aliphatic rings. The summed E-state index contributed by atoms with van der Waals surface area (Å²) in [7, 11) is -3.36. The van der Waals surface area contributed by atoms with Crippen LogP contribution in [0.4, 0.5) is 0 Å². The van der Waals surface area contributed by atoms with Gasteiger partial charge in [0.1, 0.15) is 5.25 Å². The van der Waals surface area contributed by atoms with Crippen molar-refractivity contribution in [1.29, 1.82) is 0 Å². The van der Waals surface area contributed by atoms with Gasteiger partial charge in [0.05, 0.1) is 0 Å². The fourth-order valence-corrected chi connectivity index (χ4v) is 3.67. The van der Waals surface area contributed by atoms with E-state index in [0.29, 0.717) is 13.1 Å². The molecule has 0 spiro atoms. The summed E-state index contributed by atoms with van der Waals surface area (Å²) in [6.07, 6.45) is 5.23. The third kappa shape index (κ3) is 2.40. The molecule has 0 bridgehead atoms. The minimum atomic E-state index is -3.36. The van der Waals surface area contributed by atoms with Crippen LogP contribution in [-0.4, -0.2) is 25.8 Å². The molecule has 0 amide bonds. The van der Waals surface area contributed by atoms with E-state index in [1.807, 2.05) is 43.3 Å². The number of nitrogens with zero attached hydrogens (tertiary/aromatic N) is 1. The number of hydrogen-bond acceptors (Lipinski definition) is 2. The summed E-state index contributed by atoms with van der Waals surface area (Å²) in [6.45, 7) is 6.56. The first kappa shape index (κ1) is 13.1. The number of benzene rings is 1. The van der Waals surface area contributed by atoms with Gasteiger partial charge >= 0.3 is 0 Å². The topological polar surface area (TPSA) is 37.4 Å². The zero-order chi connectivity index (χ0) is 13.2. The lowest BCUT2D eigenvalue weighted by atomic mass is 10.1. The molecule has 0 aromatic heterocycles. The van der Waals surface area contributed by atoms with Crippen LogP contribution in [0.3, 0.4) is 0 Å². The highest BCUT2D eigenvalue weighted by molar-refractivity contribution is 7.89. The molecule has 2 rings (SSSR count). The van der Waals surface area contributed by atoms with Gasteiger partial charge in [-0.25, -0.2) is 8.42 Å². The monoisotopic (exact) mass is 263 g/mol. The number of rotatable bonds is 4. The van der Waals surface area contributed by atoms with Crippen LogP contribution in [0, 0.1) is 6.92 Å². The maximum Gasteiger partial charge on any atom is 0.225 e. The summed E-state index contributed by atoms with van der Waals surface area (Å²) >= 11 is 0. The lowest BCUT2D eigenvalue weighted by Gasteiger charge is -2.22. The van der Waals surface area contributed by atoms with Crippen molar-refractivity contribution in [3.63, 3.8) is 0 Å². The summed E-state index contributed by atoms with van der Waals surface area (Å²) < 4.78 is 26.4. The zero-order valence-corrected chi connectivity index (χ0v) is 11.2. The van der Waals surface area contributed by atoms with Crippen LogP contribution in [0.1, 0.15) is 16.4 Å². The van der Waals surface area contributed by atoms with Crippen LogP contribution >= 0.6 is 0 Å². The SMILES string of the molecule is C=CC(c1ccc(C)cc1)S(=O)(=O)N1CC=CC1. The van der Waals surface area contributed by atoms with Gasteiger partial charge in [-0.3, -0.25) is 0 Å². The van der Waals surface area contributed by atoms with Gasteiger partial charge in [-0.1, -0.05) is 48.1 Å². The van der Waals surface area contributed by atoms with Crippen molar-refractivity contribution in [1.82, 2.24) is 4.31 Å². The largest absolute Gasteiger partial charge is 0.225 e. The maximum absolute atomic E-state index is 12.5. The Morgan fingerprint density at radius 3 is 2.28 bits per heavy atom. The third-order valence-electron chi connectivity index (χ3n) is 3.09. The minimum absolute atomic E-state index is 0.457. The normalized spacial score (nSPS) is 17.8. The molecule has 0 aliphatic carbocycles. The van der Waals surface area contributed by atoms with Crippen molar-refractivity contribution in [3.05, 3.63) is 60.2 Å². The highest BCUT2D eigenvalue weighted by Crippen LogP contribution is 2.27. The molecule has 0 saturated carbocycles. The molecular weight excluding hydrogens is 246 g/mol. The fraction of sp³-hybridized carbons (Fsp3) is 0.286. The van der Waals surface area contributed by atoms with Crippen LogP contribution < -0.4 is 0 Å². The maximum atomic E-state index is 12.5. The molecule has 96 valence electrons. The Morgan fingerprint density at radius 2 is 1.78 bits per heavy atom. The van der Waals surface area contributed by atoms with Crippen molar-refractivity contribution in [2.45, 2.75) is 12.2 Å². The average molecular weight is 263 g/mol. The van der Waals surface area contributed by atoms with Gasteiger partial charge in [-0.2, -0.15) is 4.31 Å². The molecule has 18 heavy (non-hydrogen) atoms. The molecule has 1 aromatic carbocycles. The van der Waals surface area contributed by atoms with E-state index in [1.54, 1.807) is 0 Å². The standard InChI is InChI=1S/C14H17NO2S/c1-3-14(13-8-6-12(2)7-9-13)18(16,17)15-10-4-5-11-15/h3-9,14H,1,10-11H2,2H3. The summed E-state index contributed by atoms with van der Waals surface area (Å²) in [4.78, 5) is 0. The van der Waals surface area contributed by atoms with E-state index in [4.69, 9.17) is 0 Å². The molecule has 0 fully saturated rings. The Hall–Kier alpha value is -1.39. The Balaban J connectivity index is 2.33. The van der Waals surface area contributed by atoms with Crippen molar-refractivity contribution >= 4 is 10.0 Å². The summed E-state index contributed by atoms with van der Waals surface area (Å²) in [5.41, 5.74) is 1.88. The quantitative estimate of drug-likeness (QED) is 0.782. The smallest absolute Gasteiger partial charge is 0.211 e. The van der Waals surface area contributed by atoms with Crippen LogP contribution in [0.15, 0.2) is 49.1 Å². The van der Waals surface area contributed by atoms with E-state index < -0.39 is 15.3 Å². The fourth-order valence-electron chi connectivity index (χ4n) is 2.01. The van der Waals surface area contributed by atoms with Gasteiger partial charge in [0.2, 0.25) is 10.0 Å². The summed E-state index contributed by atoms with van der Waals surface area (Å²) in [6, 6.07) is 7.54. The second-order valence-corrected chi connectivity index (χ2v) is 6.45. The van der Waals surface area contributed by atoms with Gasteiger partial charge in [0.25, 0.3) is 0 Å². The van der Waals surface area contributed by atoms with Crippen LogP contribution in [0.5, 0.6) is 0 Å². The Labute approximate surface area is 108 Å². The van der Waals surface area contributed by atoms with Gasteiger partial charge in [0.15, 0.2) is 0 Å². The van der Waals surface area contributed by atoms with Crippen LogP contribution in [-0.2, 0) is 10.0 Å². The van der Waals surface area contributed by atoms with E-state index in [-0.39, 0.29) is 0 Å². The molecule has 1 heterocycles. The van der Waals surface area contributed by atoms with Crippen LogP contribution in [0.2, 0.25) is 0 Å². The molecule has 1 unspecified atom stereocenters. The molecule has 1 aromatic rings. The highest BCUT2D eigenvalue weighted by atomic mass is 32.2. The van der Waals surface area contributed by atoms with E-state index in [1.165, 1.54) is 10.4 Å². The van der Waals surface area contributed by atoms with Crippen molar-refractivity contribution < 1.29 is 8.42 Å². The average Bonchev–Trinajstić information content (AvgIpc) is 2.86. The molecule has 0 saturated heterocycles. The minimum Gasteiger partial charge on any atom is -0.211 e. The third-order valence-corrected chi connectivity index (χ3v) is 5.21. The molecule has 4 heteroatoms. The van der Waals surface area contributed by atoms with E-state index >= 15 is 0 Å². The summed E-state index contributed by atoms with van der Waals surface area (Å²) in [5.74, 6) is 0. The number of hydrogen-bond donors (Lipinski definition) is 0. The molecule has 0 radical (unpaired) electrons. The van der Waals surface area contributed by atoms with Crippen molar-refractivity contribution in [2.24, 2.45) is 0 Å². The molecule has 1 atom stereocenters. The van der Waals surface area contributed by atoms with Crippen LogP contribution in [0.25, 0.3) is 0 Å². The zero-order valence-electron chi connectivity index (χ0n) is 10.4. The first-order valence-corrected chi connectivity index (χ1v) is 7.39. The van der Waals surface area contributed by atoms with E-state index in [2.05, 4.69) is 6.58 Å². The van der Waals surface area contributed by atoms with E-state index in [9.17, 15) is 8.42 Å². The molecule has 3 nitrogen and oxygen atoms in total. The first-order valence-electron chi connectivity index (χ1n) is 5.89. The summed E-state index contributed by atoms with van der Waals surface area (Å²) in [5, 5.41) is -0.669. The van der Waals surface area contributed by atoms with E-state index in [0.717, 1.165) is 11.1 Å². The second-order valence-electron chi connectivity index (χ2n) is 4.40. The number of sulfonamides is 1. The Kier molecular flexibility index (Phi) is 3.68. The number of aryl methyl sites for hydroxylation is 1. The molecular formula is C14H17NO2S. The first-order chi connectivity index (χ1) is 8.55. The van der Waals surface area contributed by atoms with Gasteiger partial charge in [-0.15, -0.1) is 6.58 Å². The molecule has 0 N–H and O–H groups in total. The Bertz CT molecular complexity index is 550. The van der Waals surface area contributed by atoms with Gasteiger partial charge in [-0.05, 0) is 12.5 Å². The lowest BCUT2D eigenvalue weighted by molar-refractivity contribution is 0.482. The highest BCUT2D eigenvalue weighted by Gasteiger charge is 2.31. The van der Waals surface area contributed by atoms with Crippen molar-refractivity contribution in [2.75, 3.05) is 13.1 Å². The lowest BCUT2D eigenvalue weighted by Crippen LogP contribution is -2.32. The predicted octanol–water partition coefficient (Wildman–Crippen LogP) is 2.42.